The summed E-state index contributed by atoms with van der Waals surface area (Å²) in [6.07, 6.45) is -0.694. The number of carbonyl (C=O) groups excluding carboxylic acids is 1. The van der Waals surface area contributed by atoms with Crippen LogP contribution in [0.2, 0.25) is 0 Å². The fourth-order valence-electron chi connectivity index (χ4n) is 4.74. The van der Waals surface area contributed by atoms with E-state index >= 15 is 0 Å². The molecule has 8 heteroatoms. The Labute approximate surface area is 210 Å². The molecule has 4 aromatic rings. The number of nitrogens with one attached hydrogen (secondary N) is 1. The lowest BCUT2D eigenvalue weighted by Crippen LogP contribution is -2.42. The van der Waals surface area contributed by atoms with Gasteiger partial charge >= 0.3 is 12.1 Å². The summed E-state index contributed by atoms with van der Waals surface area (Å²) < 4.78 is 17.0. The third-order valence-corrected chi connectivity index (χ3v) is 7.20. The van der Waals surface area contributed by atoms with Crippen molar-refractivity contribution in [3.63, 3.8) is 0 Å². The zero-order valence-electron chi connectivity index (χ0n) is 19.2. The largest absolute Gasteiger partial charge is 0.480 e. The molecule has 7 nitrogen and oxygen atoms in total. The van der Waals surface area contributed by atoms with E-state index in [1.165, 1.54) is 0 Å². The first-order valence-electron chi connectivity index (χ1n) is 11.4. The van der Waals surface area contributed by atoms with E-state index in [2.05, 4.69) is 17.4 Å². The standard InChI is InChI=1S/C28H24N2O5S/c29-36(34)20-12-11-18-13-17(9-10-19(18)15-20)14-26(27(31)32)30-28(33)35-16-25-23-7-3-1-5-21(23)22-6-2-4-8-24(22)25/h1-13,15,25-26H,14,16,29H2,(H,30,33)(H,31,32)/t26-,36?/m0/s1. The van der Waals surface area contributed by atoms with Crippen LogP contribution in [-0.2, 0) is 26.9 Å². The van der Waals surface area contributed by atoms with Crippen LogP contribution in [-0.4, -0.2) is 34.0 Å². The van der Waals surface area contributed by atoms with Crippen LogP contribution in [0.5, 0.6) is 0 Å². The molecule has 5 rings (SSSR count). The van der Waals surface area contributed by atoms with Crippen molar-refractivity contribution >= 4 is 33.8 Å². The number of hydrogen-bond donors (Lipinski definition) is 3. The van der Waals surface area contributed by atoms with Gasteiger partial charge in [0.25, 0.3) is 0 Å². The number of alkyl carbamates (subject to hydrolysis) is 1. The monoisotopic (exact) mass is 500 g/mol. The van der Waals surface area contributed by atoms with Crippen molar-refractivity contribution in [1.82, 2.24) is 5.32 Å². The van der Waals surface area contributed by atoms with Gasteiger partial charge in [0.15, 0.2) is 0 Å². The number of carboxylic acids is 1. The summed E-state index contributed by atoms with van der Waals surface area (Å²) in [5, 5.41) is 19.3. The second kappa shape index (κ2) is 9.93. The van der Waals surface area contributed by atoms with Crippen LogP contribution in [0, 0.1) is 0 Å². The van der Waals surface area contributed by atoms with E-state index in [0.717, 1.165) is 38.6 Å². The summed E-state index contributed by atoms with van der Waals surface area (Å²) in [7, 11) is -1.58. The molecule has 0 fully saturated rings. The molecule has 182 valence electrons. The molecule has 1 unspecified atom stereocenters. The number of amides is 1. The Morgan fingerprint density at radius 1 is 0.917 bits per heavy atom. The molecule has 4 N–H and O–H groups in total. The number of rotatable bonds is 7. The second-order valence-corrected chi connectivity index (χ2v) is 9.77. The Morgan fingerprint density at radius 2 is 1.53 bits per heavy atom. The van der Waals surface area contributed by atoms with E-state index < -0.39 is 29.1 Å². The predicted molar refractivity (Wildman–Crippen MR) is 138 cm³/mol. The van der Waals surface area contributed by atoms with Crippen molar-refractivity contribution in [1.29, 1.82) is 0 Å². The normalized spacial score (nSPS) is 14.0. The van der Waals surface area contributed by atoms with E-state index in [9.17, 15) is 18.9 Å². The van der Waals surface area contributed by atoms with E-state index in [4.69, 9.17) is 9.88 Å². The fourth-order valence-corrected chi connectivity index (χ4v) is 5.19. The molecule has 0 bridgehead atoms. The minimum atomic E-state index is -1.58. The third-order valence-electron chi connectivity index (χ3n) is 6.48. The van der Waals surface area contributed by atoms with Gasteiger partial charge in [-0.1, -0.05) is 72.8 Å². The maximum Gasteiger partial charge on any atom is 0.407 e. The molecule has 0 aliphatic heterocycles. The summed E-state index contributed by atoms with van der Waals surface area (Å²) in [5.74, 6) is -1.27. The molecular formula is C28H24N2O5S. The molecule has 2 atom stereocenters. The van der Waals surface area contributed by atoms with Crippen molar-refractivity contribution in [2.75, 3.05) is 6.61 Å². The summed E-state index contributed by atoms with van der Waals surface area (Å²) >= 11 is 0. The minimum absolute atomic E-state index is 0.0834. The Bertz CT molecular complexity index is 1460. The summed E-state index contributed by atoms with van der Waals surface area (Å²) in [6.45, 7) is 0.104. The maximum atomic E-state index is 12.6. The molecule has 1 aliphatic carbocycles. The Morgan fingerprint density at radius 3 is 2.17 bits per heavy atom. The summed E-state index contributed by atoms with van der Waals surface area (Å²) in [5.41, 5.74) is 5.13. The van der Waals surface area contributed by atoms with Gasteiger partial charge in [-0.25, -0.2) is 18.9 Å². The first-order valence-corrected chi connectivity index (χ1v) is 12.6. The van der Waals surface area contributed by atoms with Gasteiger partial charge in [0, 0.05) is 12.3 Å². The molecule has 0 aromatic heterocycles. The Balaban J connectivity index is 1.26. The summed E-state index contributed by atoms with van der Waals surface area (Å²) in [4.78, 5) is 25.0. The number of fused-ring (bicyclic) bond motifs is 4. The molecule has 1 aliphatic rings. The molecule has 0 heterocycles. The Hall–Kier alpha value is -4.01. The number of aliphatic carboxylic acids is 1. The van der Waals surface area contributed by atoms with Crippen LogP contribution in [0.1, 0.15) is 22.6 Å². The second-order valence-electron chi connectivity index (χ2n) is 8.71. The van der Waals surface area contributed by atoms with Crippen LogP contribution in [0.3, 0.4) is 0 Å². The average Bonchev–Trinajstić information content (AvgIpc) is 3.20. The molecule has 0 spiro atoms. The highest BCUT2D eigenvalue weighted by Crippen LogP contribution is 2.44. The molecule has 4 aromatic carbocycles. The van der Waals surface area contributed by atoms with E-state index in [1.54, 1.807) is 24.3 Å². The first kappa shape index (κ1) is 23.7. The SMILES string of the molecule is NS(=O)c1ccc2cc(C[C@H](NC(=O)OCC3c4ccccc4-c4ccccc43)C(=O)O)ccc2c1. The number of ether oxygens (including phenoxy) is 1. The predicted octanol–water partition coefficient (Wildman–Crippen LogP) is 4.36. The lowest BCUT2D eigenvalue weighted by Gasteiger charge is -2.18. The van der Waals surface area contributed by atoms with Gasteiger partial charge in [0.05, 0.1) is 4.90 Å². The number of hydrogen-bond acceptors (Lipinski definition) is 4. The fraction of sp³-hybridized carbons (Fsp3) is 0.143. The van der Waals surface area contributed by atoms with Crippen LogP contribution in [0.25, 0.3) is 21.9 Å². The summed E-state index contributed by atoms with van der Waals surface area (Å²) in [6, 6.07) is 25.5. The lowest BCUT2D eigenvalue weighted by molar-refractivity contribution is -0.139. The molecular weight excluding hydrogens is 476 g/mol. The van der Waals surface area contributed by atoms with Gasteiger partial charge in [0.1, 0.15) is 23.6 Å². The number of benzene rings is 4. The first-order chi connectivity index (χ1) is 17.4. The molecule has 1 amide bonds. The molecule has 0 radical (unpaired) electrons. The zero-order valence-corrected chi connectivity index (χ0v) is 20.0. The van der Waals surface area contributed by atoms with Gasteiger partial charge in [-0.05, 0) is 50.7 Å². The van der Waals surface area contributed by atoms with Crippen LogP contribution in [0.4, 0.5) is 4.79 Å². The third kappa shape index (κ3) is 4.73. The lowest BCUT2D eigenvalue weighted by atomic mass is 9.98. The number of carbonyl (C=O) groups is 2. The van der Waals surface area contributed by atoms with Gasteiger partial charge in [-0.2, -0.15) is 0 Å². The van der Waals surface area contributed by atoms with E-state index in [1.807, 2.05) is 48.5 Å². The van der Waals surface area contributed by atoms with Crippen molar-refractivity contribution in [2.45, 2.75) is 23.3 Å². The van der Waals surface area contributed by atoms with Crippen LogP contribution < -0.4 is 10.5 Å². The van der Waals surface area contributed by atoms with Gasteiger partial charge < -0.3 is 15.2 Å². The molecule has 0 saturated carbocycles. The highest BCUT2D eigenvalue weighted by atomic mass is 32.2. The van der Waals surface area contributed by atoms with Gasteiger partial charge in [-0.15, -0.1) is 0 Å². The smallest absolute Gasteiger partial charge is 0.407 e. The molecule has 36 heavy (non-hydrogen) atoms. The molecule has 0 saturated heterocycles. The average molecular weight is 501 g/mol. The topological polar surface area (TPSA) is 119 Å². The highest BCUT2D eigenvalue weighted by Gasteiger charge is 2.29. The van der Waals surface area contributed by atoms with Crippen molar-refractivity contribution in [3.8, 4) is 11.1 Å². The van der Waals surface area contributed by atoms with Crippen LogP contribution >= 0.6 is 0 Å². The van der Waals surface area contributed by atoms with E-state index in [-0.39, 0.29) is 18.9 Å². The Kier molecular flexibility index (Phi) is 6.54. The highest BCUT2D eigenvalue weighted by molar-refractivity contribution is 7.82. The van der Waals surface area contributed by atoms with Gasteiger partial charge in [0.2, 0.25) is 0 Å². The quantitative estimate of drug-likeness (QED) is 0.349. The van der Waals surface area contributed by atoms with Gasteiger partial charge in [-0.3, -0.25) is 0 Å². The van der Waals surface area contributed by atoms with Crippen LogP contribution in [0.15, 0.2) is 89.8 Å². The van der Waals surface area contributed by atoms with Crippen molar-refractivity contribution < 1.29 is 23.6 Å². The number of carboxylic acid groups (broad SMARTS) is 1. The minimum Gasteiger partial charge on any atom is -0.480 e. The van der Waals surface area contributed by atoms with Crippen molar-refractivity contribution in [2.24, 2.45) is 5.14 Å². The van der Waals surface area contributed by atoms with Crippen molar-refractivity contribution in [3.05, 3.63) is 102 Å². The maximum absolute atomic E-state index is 12.6. The zero-order chi connectivity index (χ0) is 25.2. The number of nitrogens with two attached hydrogens (primary N) is 1. The van der Waals surface area contributed by atoms with E-state index in [0.29, 0.717) is 4.90 Å².